The number of nitrogens with zero attached hydrogens (tertiary/aromatic N) is 1. The van der Waals surface area contributed by atoms with Crippen LogP contribution in [-0.4, -0.2) is 32.8 Å². The van der Waals surface area contributed by atoms with E-state index in [-0.39, 0.29) is 17.2 Å². The van der Waals surface area contributed by atoms with Crippen molar-refractivity contribution < 1.29 is 17.9 Å². The maximum Gasteiger partial charge on any atom is 0.244 e. The molecule has 0 aliphatic rings. The highest BCUT2D eigenvalue weighted by molar-refractivity contribution is 7.89. The fourth-order valence-corrected chi connectivity index (χ4v) is 2.90. The number of ether oxygens (including phenoxy) is 2. The maximum atomic E-state index is 12.4. The molecule has 0 spiro atoms. The lowest BCUT2D eigenvalue weighted by molar-refractivity contribution is 0.392. The summed E-state index contributed by atoms with van der Waals surface area (Å²) in [4.78, 5) is -0.00795. The first kappa shape index (κ1) is 15.1. The lowest BCUT2D eigenvalue weighted by Gasteiger charge is -2.11. The number of nitrogens with two attached hydrogens (primary N) is 1. The van der Waals surface area contributed by atoms with Crippen LogP contribution in [0, 0.1) is 0 Å². The molecule has 8 nitrogen and oxygen atoms in total. The summed E-state index contributed by atoms with van der Waals surface area (Å²) in [5.74, 6) is 0.956. The predicted molar refractivity (Wildman–Crippen MR) is 76.6 cm³/mol. The van der Waals surface area contributed by atoms with Crippen molar-refractivity contribution in [3.05, 3.63) is 30.0 Å². The summed E-state index contributed by atoms with van der Waals surface area (Å²) in [6.07, 6.45) is 1.46. The summed E-state index contributed by atoms with van der Waals surface area (Å²) in [6, 6.07) is 4.53. The van der Waals surface area contributed by atoms with E-state index >= 15 is 0 Å². The quantitative estimate of drug-likeness (QED) is 0.714. The average Bonchev–Trinajstić information content (AvgIpc) is 2.90. The smallest absolute Gasteiger partial charge is 0.244 e. The van der Waals surface area contributed by atoms with Gasteiger partial charge < -0.3 is 15.2 Å². The predicted octanol–water partition coefficient (Wildman–Crippen LogP) is 0.488. The summed E-state index contributed by atoms with van der Waals surface area (Å²) in [5, 5.41) is 6.26. The molecule has 0 saturated carbocycles. The van der Waals surface area contributed by atoms with Crippen molar-refractivity contribution in [1.29, 1.82) is 0 Å². The number of H-pyrrole nitrogens is 1. The molecule has 0 amide bonds. The zero-order valence-corrected chi connectivity index (χ0v) is 12.4. The summed E-state index contributed by atoms with van der Waals surface area (Å²) in [6.45, 7) is 0.0189. The van der Waals surface area contributed by atoms with Crippen LogP contribution in [0.5, 0.6) is 11.5 Å². The van der Waals surface area contributed by atoms with Crippen molar-refractivity contribution in [1.82, 2.24) is 14.9 Å². The van der Waals surface area contributed by atoms with Crippen molar-refractivity contribution >= 4 is 15.8 Å². The number of rotatable bonds is 6. The number of benzene rings is 1. The van der Waals surface area contributed by atoms with Gasteiger partial charge >= 0.3 is 0 Å². The number of aromatic amines is 1. The Kier molecular flexibility index (Phi) is 4.34. The molecule has 0 bridgehead atoms. The Bertz CT molecular complexity index is 727. The van der Waals surface area contributed by atoms with Gasteiger partial charge in [-0.2, -0.15) is 5.10 Å². The fourth-order valence-electron chi connectivity index (χ4n) is 1.71. The summed E-state index contributed by atoms with van der Waals surface area (Å²) < 4.78 is 37.3. The number of hydrogen-bond donors (Lipinski definition) is 3. The zero-order chi connectivity index (χ0) is 15.5. The van der Waals surface area contributed by atoms with Crippen LogP contribution < -0.4 is 19.9 Å². The van der Waals surface area contributed by atoms with Gasteiger partial charge in [0.05, 0.1) is 20.4 Å². The van der Waals surface area contributed by atoms with Gasteiger partial charge in [0.15, 0.2) is 0 Å². The van der Waals surface area contributed by atoms with Crippen LogP contribution in [0.3, 0.4) is 0 Å². The lowest BCUT2D eigenvalue weighted by Crippen LogP contribution is -2.24. The third kappa shape index (κ3) is 3.26. The molecule has 0 aliphatic carbocycles. The Labute approximate surface area is 122 Å². The summed E-state index contributed by atoms with van der Waals surface area (Å²) in [7, 11) is -0.927. The van der Waals surface area contributed by atoms with Gasteiger partial charge in [-0.1, -0.05) is 0 Å². The van der Waals surface area contributed by atoms with Gasteiger partial charge in [-0.05, 0) is 12.1 Å². The minimum atomic E-state index is -3.78. The molecule has 0 saturated heterocycles. The first-order chi connectivity index (χ1) is 9.97. The lowest BCUT2D eigenvalue weighted by atomic mass is 10.3. The molecule has 0 atom stereocenters. The number of nitrogen functional groups attached to an aromatic ring is 1. The molecule has 0 radical (unpaired) electrons. The second-order valence-electron chi connectivity index (χ2n) is 4.15. The average molecular weight is 312 g/mol. The van der Waals surface area contributed by atoms with Gasteiger partial charge in [-0.15, -0.1) is 0 Å². The Hall–Kier alpha value is -2.26. The van der Waals surface area contributed by atoms with Crippen molar-refractivity contribution in [2.24, 2.45) is 0 Å². The zero-order valence-electron chi connectivity index (χ0n) is 11.6. The minimum Gasteiger partial charge on any atom is -0.497 e. The van der Waals surface area contributed by atoms with E-state index in [4.69, 9.17) is 15.2 Å². The number of aromatic nitrogens is 2. The van der Waals surface area contributed by atoms with E-state index in [0.29, 0.717) is 17.1 Å². The highest BCUT2D eigenvalue weighted by atomic mass is 32.2. The second-order valence-corrected chi connectivity index (χ2v) is 5.89. The molecule has 1 heterocycles. The molecule has 4 N–H and O–H groups in total. The molecule has 0 aliphatic heterocycles. The fraction of sp³-hybridized carbons (Fsp3) is 0.250. The van der Waals surface area contributed by atoms with Crippen LogP contribution in [0.15, 0.2) is 29.3 Å². The van der Waals surface area contributed by atoms with Crippen LogP contribution in [0.1, 0.15) is 5.56 Å². The Morgan fingerprint density at radius 2 is 2.10 bits per heavy atom. The van der Waals surface area contributed by atoms with Gasteiger partial charge in [0.2, 0.25) is 10.0 Å². The molecular weight excluding hydrogens is 296 g/mol. The molecular formula is C12H16N4O4S. The van der Waals surface area contributed by atoms with Gasteiger partial charge in [0, 0.05) is 18.2 Å². The van der Waals surface area contributed by atoms with Gasteiger partial charge in [0.1, 0.15) is 22.2 Å². The monoisotopic (exact) mass is 312 g/mol. The van der Waals surface area contributed by atoms with Crippen LogP contribution in [0.4, 0.5) is 5.82 Å². The van der Waals surface area contributed by atoms with Crippen molar-refractivity contribution in [2.75, 3.05) is 20.0 Å². The third-order valence-electron chi connectivity index (χ3n) is 2.86. The third-order valence-corrected chi connectivity index (χ3v) is 4.29. The summed E-state index contributed by atoms with van der Waals surface area (Å²) in [5.41, 5.74) is 6.17. The van der Waals surface area contributed by atoms with Crippen molar-refractivity contribution in [3.8, 4) is 11.5 Å². The molecule has 2 aromatic rings. The van der Waals surface area contributed by atoms with Crippen molar-refractivity contribution in [2.45, 2.75) is 11.4 Å². The molecule has 2 rings (SSSR count). The number of anilines is 1. The minimum absolute atomic E-state index is 0.00795. The van der Waals surface area contributed by atoms with E-state index in [1.165, 1.54) is 32.5 Å². The van der Waals surface area contributed by atoms with Crippen LogP contribution in [0.25, 0.3) is 0 Å². The molecule has 0 unspecified atom stereocenters. The number of sulfonamides is 1. The van der Waals surface area contributed by atoms with Crippen LogP contribution >= 0.6 is 0 Å². The molecule has 1 aromatic carbocycles. The number of hydrogen-bond acceptors (Lipinski definition) is 6. The molecule has 21 heavy (non-hydrogen) atoms. The highest BCUT2D eigenvalue weighted by Gasteiger charge is 2.20. The first-order valence-corrected chi connectivity index (χ1v) is 7.45. The second kappa shape index (κ2) is 6.02. The van der Waals surface area contributed by atoms with Gasteiger partial charge in [-0.3, -0.25) is 5.10 Å². The van der Waals surface area contributed by atoms with E-state index in [1.54, 1.807) is 6.07 Å². The van der Waals surface area contributed by atoms with Crippen molar-refractivity contribution in [3.63, 3.8) is 0 Å². The standard InChI is InChI=1S/C12H16N4O4S/c1-19-9-3-4-10(20-2)11(5-9)21(17,18)15-7-8-6-14-16-12(8)13/h3-6,15H,7H2,1-2H3,(H3,13,14,16). The normalized spacial score (nSPS) is 11.3. The molecule has 1 aromatic heterocycles. The Balaban J connectivity index is 2.28. The number of methoxy groups -OCH3 is 2. The Morgan fingerprint density at radius 1 is 1.33 bits per heavy atom. The van der Waals surface area contributed by atoms with E-state index in [2.05, 4.69) is 14.9 Å². The van der Waals surface area contributed by atoms with Gasteiger partial charge in [-0.25, -0.2) is 13.1 Å². The molecule has 0 fully saturated rings. The molecule has 9 heteroatoms. The Morgan fingerprint density at radius 3 is 2.67 bits per heavy atom. The van der Waals surface area contributed by atoms with E-state index in [1.807, 2.05) is 0 Å². The first-order valence-electron chi connectivity index (χ1n) is 5.97. The SMILES string of the molecule is COc1ccc(OC)c(S(=O)(=O)NCc2cn[nH]c2N)c1. The van der Waals surface area contributed by atoms with E-state index in [9.17, 15) is 8.42 Å². The summed E-state index contributed by atoms with van der Waals surface area (Å²) >= 11 is 0. The topological polar surface area (TPSA) is 119 Å². The van der Waals surface area contributed by atoms with E-state index in [0.717, 1.165) is 0 Å². The largest absolute Gasteiger partial charge is 0.497 e. The maximum absolute atomic E-state index is 12.4. The van der Waals surface area contributed by atoms with Crippen LogP contribution in [0.2, 0.25) is 0 Å². The highest BCUT2D eigenvalue weighted by Crippen LogP contribution is 2.28. The molecule has 114 valence electrons. The number of nitrogens with one attached hydrogen (secondary N) is 2. The van der Waals surface area contributed by atoms with Crippen LogP contribution in [-0.2, 0) is 16.6 Å². The van der Waals surface area contributed by atoms with E-state index < -0.39 is 10.0 Å². The van der Waals surface area contributed by atoms with Gasteiger partial charge in [0.25, 0.3) is 0 Å².